The van der Waals surface area contributed by atoms with Crippen LogP contribution >= 0.6 is 11.3 Å². The second-order valence-corrected chi connectivity index (χ2v) is 12.5. The Bertz CT molecular complexity index is 1190. The molecule has 0 bridgehead atoms. The molecule has 5 rings (SSSR count). The highest BCUT2D eigenvalue weighted by Crippen LogP contribution is 2.66. The van der Waals surface area contributed by atoms with Crippen LogP contribution in [0.3, 0.4) is 0 Å². The first-order valence-corrected chi connectivity index (χ1v) is 14.2. The highest BCUT2D eigenvalue weighted by Gasteiger charge is 2.65. The number of alkyl halides is 3. The minimum absolute atomic E-state index is 0.00379. The summed E-state index contributed by atoms with van der Waals surface area (Å²) in [6, 6.07) is 2.03. The molecule has 1 unspecified atom stereocenters. The molecule has 1 aromatic carbocycles. The van der Waals surface area contributed by atoms with Gasteiger partial charge in [-0.2, -0.15) is 13.2 Å². The molecule has 3 fully saturated rings. The number of aliphatic hydroxyl groups is 1. The monoisotopic (exact) mass is 569 g/mol. The molecule has 7 nitrogen and oxygen atoms in total. The van der Waals surface area contributed by atoms with Crippen molar-refractivity contribution >= 4 is 23.1 Å². The van der Waals surface area contributed by atoms with Gasteiger partial charge in [0.1, 0.15) is 10.8 Å². The summed E-state index contributed by atoms with van der Waals surface area (Å²) in [5.41, 5.74) is -1.48. The van der Waals surface area contributed by atoms with E-state index >= 15 is 0 Å². The van der Waals surface area contributed by atoms with Crippen molar-refractivity contribution in [2.75, 3.05) is 45.6 Å². The fourth-order valence-electron chi connectivity index (χ4n) is 6.31. The minimum atomic E-state index is -4.86. The number of hydrogen-bond donors (Lipinski definition) is 2. The predicted octanol–water partition coefficient (Wildman–Crippen LogP) is 4.77. The second kappa shape index (κ2) is 10.9. The van der Waals surface area contributed by atoms with Crippen LogP contribution in [0.4, 0.5) is 28.0 Å². The Labute approximate surface area is 229 Å². The van der Waals surface area contributed by atoms with Crippen molar-refractivity contribution in [2.24, 2.45) is 5.92 Å². The summed E-state index contributed by atoms with van der Waals surface area (Å²) in [6.07, 6.45) is 0.884. The molecule has 39 heavy (non-hydrogen) atoms. The summed E-state index contributed by atoms with van der Waals surface area (Å²) in [5, 5.41) is 13.5. The molecule has 2 saturated carbocycles. The van der Waals surface area contributed by atoms with E-state index < -0.39 is 23.6 Å². The number of carbonyl (C=O) groups excluding carboxylic acids is 1. The number of carbonyl (C=O) groups is 1. The van der Waals surface area contributed by atoms with Crippen molar-refractivity contribution in [3.63, 3.8) is 0 Å². The first kappa shape index (κ1) is 28.3. The van der Waals surface area contributed by atoms with Gasteiger partial charge in [-0.1, -0.05) is 0 Å². The summed E-state index contributed by atoms with van der Waals surface area (Å²) in [5.74, 6) is -1.11. The van der Waals surface area contributed by atoms with E-state index in [-0.39, 0.29) is 29.2 Å². The van der Waals surface area contributed by atoms with Crippen LogP contribution in [0.15, 0.2) is 24.4 Å². The molecule has 1 saturated heterocycles. The molecule has 2 amide bonds. The van der Waals surface area contributed by atoms with Crippen molar-refractivity contribution in [1.82, 2.24) is 19.7 Å². The van der Waals surface area contributed by atoms with Crippen LogP contribution in [0, 0.1) is 11.7 Å². The molecule has 1 aliphatic heterocycles. The normalized spacial score (nSPS) is 26.7. The van der Waals surface area contributed by atoms with E-state index in [1.165, 1.54) is 4.88 Å². The van der Waals surface area contributed by atoms with Gasteiger partial charge in [0.15, 0.2) is 0 Å². The van der Waals surface area contributed by atoms with Crippen LogP contribution in [-0.2, 0) is 18.1 Å². The third-order valence-corrected chi connectivity index (χ3v) is 9.49. The Balaban J connectivity index is 1.31. The van der Waals surface area contributed by atoms with Crippen LogP contribution in [0.25, 0.3) is 0 Å². The molecule has 2 aliphatic carbocycles. The van der Waals surface area contributed by atoms with E-state index in [4.69, 9.17) is 0 Å². The number of urea groups is 1. The molecule has 0 radical (unpaired) electrons. The van der Waals surface area contributed by atoms with Crippen molar-refractivity contribution < 1.29 is 27.5 Å². The lowest BCUT2D eigenvalue weighted by Crippen LogP contribution is -2.44. The lowest BCUT2D eigenvalue weighted by molar-refractivity contribution is -0.139. The van der Waals surface area contributed by atoms with E-state index in [1.54, 1.807) is 16.2 Å². The zero-order valence-electron chi connectivity index (χ0n) is 22.2. The van der Waals surface area contributed by atoms with Crippen LogP contribution in [0.5, 0.6) is 0 Å². The summed E-state index contributed by atoms with van der Waals surface area (Å²) in [7, 11) is 4.01. The molecule has 3 aliphatic rings. The van der Waals surface area contributed by atoms with Crippen molar-refractivity contribution in [1.29, 1.82) is 0 Å². The number of rotatable bonds is 9. The molecular formula is C27H35F4N5O2S. The van der Waals surface area contributed by atoms with Gasteiger partial charge in [-0.05, 0) is 76.9 Å². The number of fused-ring (bicyclic) bond motifs is 1. The highest BCUT2D eigenvalue weighted by molar-refractivity contribution is 7.11. The summed E-state index contributed by atoms with van der Waals surface area (Å²) in [4.78, 5) is 25.4. The zero-order valence-corrected chi connectivity index (χ0v) is 23.0. The predicted molar refractivity (Wildman–Crippen MR) is 141 cm³/mol. The summed E-state index contributed by atoms with van der Waals surface area (Å²) in [6.45, 7) is 3.35. The van der Waals surface area contributed by atoms with Crippen molar-refractivity contribution in [3.05, 3.63) is 45.7 Å². The van der Waals surface area contributed by atoms with Crippen molar-refractivity contribution in [2.45, 2.75) is 62.4 Å². The van der Waals surface area contributed by atoms with Gasteiger partial charge in [0.05, 0.1) is 11.7 Å². The number of benzene rings is 1. The van der Waals surface area contributed by atoms with Gasteiger partial charge in [-0.3, -0.25) is 0 Å². The van der Waals surface area contributed by atoms with Crippen LogP contribution < -0.4 is 5.32 Å². The number of aromatic nitrogens is 1. The number of nitrogens with one attached hydrogen (secondary N) is 1. The molecule has 12 heteroatoms. The molecule has 0 spiro atoms. The maximum absolute atomic E-state index is 13.8. The average molecular weight is 570 g/mol. The first-order chi connectivity index (χ1) is 18.5. The van der Waals surface area contributed by atoms with Gasteiger partial charge in [0.25, 0.3) is 0 Å². The molecule has 214 valence electrons. The van der Waals surface area contributed by atoms with Crippen LogP contribution in [0.1, 0.15) is 47.6 Å². The lowest BCUT2D eigenvalue weighted by atomic mass is 10.0. The smallest absolute Gasteiger partial charge is 0.392 e. The Morgan fingerprint density at radius 1 is 1.31 bits per heavy atom. The summed E-state index contributed by atoms with van der Waals surface area (Å²) < 4.78 is 53.6. The maximum Gasteiger partial charge on any atom is 0.419 e. The number of thiazole rings is 1. The Hall–Kier alpha value is -2.28. The number of anilines is 1. The Morgan fingerprint density at radius 3 is 2.77 bits per heavy atom. The molecule has 2 N–H and O–H groups in total. The summed E-state index contributed by atoms with van der Waals surface area (Å²) >= 11 is 1.72. The lowest BCUT2D eigenvalue weighted by Gasteiger charge is -2.31. The number of likely N-dealkylation sites (tertiary alicyclic amines) is 1. The van der Waals surface area contributed by atoms with E-state index in [9.17, 15) is 27.5 Å². The quantitative estimate of drug-likeness (QED) is 0.426. The third-order valence-electron chi connectivity index (χ3n) is 8.29. The van der Waals surface area contributed by atoms with E-state index in [0.717, 1.165) is 62.5 Å². The average Bonchev–Trinajstić information content (AvgIpc) is 3.17. The Kier molecular flexibility index (Phi) is 7.93. The van der Waals surface area contributed by atoms with Gasteiger partial charge in [-0.25, -0.2) is 14.2 Å². The zero-order chi connectivity index (χ0) is 27.9. The largest absolute Gasteiger partial charge is 0.419 e. The van der Waals surface area contributed by atoms with Crippen molar-refractivity contribution in [3.8, 4) is 0 Å². The topological polar surface area (TPSA) is 71.9 Å². The fraction of sp³-hybridized carbons (Fsp3) is 0.630. The fourth-order valence-corrected chi connectivity index (χ4v) is 7.64. The van der Waals surface area contributed by atoms with Gasteiger partial charge in [-0.15, -0.1) is 11.3 Å². The van der Waals surface area contributed by atoms with Gasteiger partial charge in [0, 0.05) is 54.4 Å². The standard InChI is InChI=1S/C27H35F4N5O2S/c1-34(2)16-24-32-14-23(39-24)26-8-6-22(20(26)13-26)36(10-3-9-35-11-7-18(37)15-35)25(38)33-17-4-5-21(28)19(12-17)27(29,30)31/h4-5,12,14,18,20,22,37H,3,6-11,13,15-16H2,1-2H3,(H,33,38)/t18-,20-,22-,26?/m1/s1. The molecule has 1 aromatic heterocycles. The molecule has 4 atom stereocenters. The Morgan fingerprint density at radius 2 is 2.10 bits per heavy atom. The molecular weight excluding hydrogens is 534 g/mol. The number of aliphatic hydroxyl groups excluding tert-OH is 1. The first-order valence-electron chi connectivity index (χ1n) is 13.4. The number of hydrogen-bond acceptors (Lipinski definition) is 6. The van der Waals surface area contributed by atoms with Gasteiger partial charge in [0.2, 0.25) is 0 Å². The molecule has 2 heterocycles. The minimum Gasteiger partial charge on any atom is -0.392 e. The number of halogens is 4. The number of amides is 2. The van der Waals surface area contributed by atoms with E-state index in [0.29, 0.717) is 25.6 Å². The van der Waals surface area contributed by atoms with Crippen LogP contribution in [-0.4, -0.2) is 83.2 Å². The van der Waals surface area contributed by atoms with E-state index in [1.807, 2.05) is 20.3 Å². The SMILES string of the molecule is CN(C)Cc1ncc(C23CC[C@@H](N(CCCN4CC[C@@H](O)C4)C(=O)Nc4ccc(F)c(C(F)(F)F)c4)[C@H]2C3)s1. The van der Waals surface area contributed by atoms with E-state index in [2.05, 4.69) is 20.1 Å². The second-order valence-electron chi connectivity index (χ2n) is 11.3. The maximum atomic E-state index is 13.8. The number of nitrogens with zero attached hydrogens (tertiary/aromatic N) is 4. The van der Waals surface area contributed by atoms with Gasteiger partial charge >= 0.3 is 12.2 Å². The van der Waals surface area contributed by atoms with Gasteiger partial charge < -0.3 is 25.1 Å². The van der Waals surface area contributed by atoms with Crippen LogP contribution in [0.2, 0.25) is 0 Å². The number of β-amino-alcohol motifs (C(OH)–C–C–N with tert-alkyl or cyclic N) is 1. The third kappa shape index (κ3) is 6.08. The molecule has 2 aromatic rings. The highest BCUT2D eigenvalue weighted by atomic mass is 32.1.